The lowest BCUT2D eigenvalue weighted by molar-refractivity contribution is -0.384. The number of rotatable bonds is 16. The first-order valence-electron chi connectivity index (χ1n) is 21.7. The summed E-state index contributed by atoms with van der Waals surface area (Å²) >= 11 is 0.979. The molecule has 1 saturated carbocycles. The lowest BCUT2D eigenvalue weighted by Gasteiger charge is -2.58. The standard InChI is InChI=1S/C47H58N8O6S/c1-6-48-44-40(55(57)58)25-36(26-43(44)60-5)62-51-46(56)39-12-11-33(24-42(39)61-35-23-32-13-16-49-45(32)50-29-35)53-17-14-47(15-18-53)27-34(28-47)54-20-19-52(21-22-59-4)30-41(54)38-10-8-7-9-37(38)31(2)3/h7-13,16,23-26,29,31,34,41,48H,6,14-15,17-22,27-28,30H2,1-5H3,(H,49,50)(H,51,56). The number of ether oxygens (including phenoxy) is 3. The van der Waals surface area contributed by atoms with Crippen LogP contribution < -0.4 is 24.4 Å². The van der Waals surface area contributed by atoms with Crippen molar-refractivity contribution in [3.63, 3.8) is 0 Å². The number of methoxy groups -OCH3 is 2. The van der Waals surface area contributed by atoms with Crippen LogP contribution in [0.3, 0.4) is 0 Å². The Morgan fingerprint density at radius 1 is 1.03 bits per heavy atom. The molecular weight excluding hydrogens is 805 g/mol. The number of nitrogens with one attached hydrogen (secondary N) is 3. The molecule has 1 amide bonds. The fourth-order valence-corrected chi connectivity index (χ4v) is 10.3. The van der Waals surface area contributed by atoms with Crippen molar-refractivity contribution < 1.29 is 23.9 Å². The lowest BCUT2D eigenvalue weighted by Crippen LogP contribution is -2.60. The predicted molar refractivity (Wildman–Crippen MR) is 245 cm³/mol. The number of aromatic amines is 1. The van der Waals surface area contributed by atoms with E-state index in [1.54, 1.807) is 25.4 Å². The highest BCUT2D eigenvalue weighted by Crippen LogP contribution is 2.53. The number of fused-ring (bicyclic) bond motifs is 1. The molecule has 3 aromatic carbocycles. The number of nitro benzene ring substituents is 1. The number of carbonyl (C=O) groups is 1. The van der Waals surface area contributed by atoms with E-state index < -0.39 is 10.8 Å². The Labute approximate surface area is 368 Å². The zero-order chi connectivity index (χ0) is 43.4. The molecule has 2 aliphatic heterocycles. The fourth-order valence-electron chi connectivity index (χ4n) is 9.69. The van der Waals surface area contributed by atoms with Gasteiger partial charge in [-0.25, -0.2) is 4.98 Å². The Kier molecular flexibility index (Phi) is 13.2. The number of hydrogen-bond acceptors (Lipinski definition) is 12. The number of aromatic nitrogens is 2. The summed E-state index contributed by atoms with van der Waals surface area (Å²) in [5.41, 5.74) is 5.46. The van der Waals surface area contributed by atoms with Crippen molar-refractivity contribution in [2.45, 2.75) is 69.4 Å². The summed E-state index contributed by atoms with van der Waals surface area (Å²) < 4.78 is 20.3. The van der Waals surface area contributed by atoms with Gasteiger partial charge in [0.15, 0.2) is 5.69 Å². The van der Waals surface area contributed by atoms with E-state index in [1.807, 2.05) is 37.4 Å². The Bertz CT molecular complexity index is 2370. The SMILES string of the molecule is CCNc1c(OC)cc(SNC(=O)c2ccc(N3CCC4(CC3)CC(N3CCN(CCOC)CC3c3ccccc3C(C)C)C4)cc2Oc2cnc3[nH]ccc3c2)cc1[N+](=O)[O-]. The third kappa shape index (κ3) is 9.22. The van der Waals surface area contributed by atoms with Crippen LogP contribution in [0, 0.1) is 15.5 Å². The number of carbonyl (C=O) groups excluding carboxylic acids is 1. The maximum atomic E-state index is 13.9. The van der Waals surface area contributed by atoms with Crippen LogP contribution in [0.4, 0.5) is 17.1 Å². The molecule has 2 aromatic heterocycles. The summed E-state index contributed by atoms with van der Waals surface area (Å²) in [5, 5.41) is 15.9. The molecule has 1 aliphatic carbocycles. The van der Waals surface area contributed by atoms with Crippen LogP contribution in [0.15, 0.2) is 84.0 Å². The number of nitrogens with zero attached hydrogens (tertiary/aromatic N) is 5. The van der Waals surface area contributed by atoms with Crippen molar-refractivity contribution in [1.29, 1.82) is 0 Å². The molecule has 0 bridgehead atoms. The smallest absolute Gasteiger partial charge is 0.297 e. The van der Waals surface area contributed by atoms with E-state index in [1.165, 1.54) is 37.1 Å². The second-order valence-corrected chi connectivity index (χ2v) is 18.0. The molecule has 4 heterocycles. The Morgan fingerprint density at radius 2 is 1.84 bits per heavy atom. The largest absolute Gasteiger partial charge is 0.494 e. The summed E-state index contributed by atoms with van der Waals surface area (Å²) in [4.78, 5) is 41.3. The molecule has 3 N–H and O–H groups in total. The van der Waals surface area contributed by atoms with Crippen LogP contribution in [-0.2, 0) is 4.74 Å². The minimum atomic E-state index is -0.464. The van der Waals surface area contributed by atoms with Gasteiger partial charge < -0.3 is 29.4 Å². The van der Waals surface area contributed by atoms with Gasteiger partial charge in [-0.1, -0.05) is 38.1 Å². The fraction of sp³-hybridized carbons (Fsp3) is 0.447. The Hall–Kier alpha value is -5.35. The Morgan fingerprint density at radius 3 is 2.58 bits per heavy atom. The molecule has 1 spiro atoms. The highest BCUT2D eigenvalue weighted by Gasteiger charge is 2.50. The van der Waals surface area contributed by atoms with Gasteiger partial charge in [0.2, 0.25) is 0 Å². The van der Waals surface area contributed by atoms with E-state index in [2.05, 4.69) is 72.8 Å². The number of hydrogen-bond donors (Lipinski definition) is 3. The van der Waals surface area contributed by atoms with Gasteiger partial charge in [-0.15, -0.1) is 0 Å². The minimum Gasteiger partial charge on any atom is -0.494 e. The lowest BCUT2D eigenvalue weighted by atomic mass is 9.59. The molecule has 5 aromatic rings. The van der Waals surface area contributed by atoms with Gasteiger partial charge in [0.05, 0.1) is 30.4 Å². The first kappa shape index (κ1) is 43.3. The highest BCUT2D eigenvalue weighted by molar-refractivity contribution is 7.98. The summed E-state index contributed by atoms with van der Waals surface area (Å²) in [6, 6.07) is 22.6. The van der Waals surface area contributed by atoms with E-state index in [0.717, 1.165) is 87.4 Å². The summed E-state index contributed by atoms with van der Waals surface area (Å²) in [5.74, 6) is 1.27. The molecule has 8 rings (SSSR count). The summed E-state index contributed by atoms with van der Waals surface area (Å²) in [6.45, 7) is 13.6. The predicted octanol–water partition coefficient (Wildman–Crippen LogP) is 9.02. The quantitative estimate of drug-likeness (QED) is 0.0494. The first-order valence-corrected chi connectivity index (χ1v) is 22.5. The average Bonchev–Trinajstić information content (AvgIpc) is 3.75. The van der Waals surface area contributed by atoms with Gasteiger partial charge in [-0.3, -0.25) is 29.4 Å². The van der Waals surface area contributed by atoms with Crippen LogP contribution in [0.25, 0.3) is 11.0 Å². The molecule has 1 atom stereocenters. The van der Waals surface area contributed by atoms with Gasteiger partial charge in [0, 0.05) is 99.3 Å². The van der Waals surface area contributed by atoms with Crippen molar-refractivity contribution in [2.75, 3.05) is 76.9 Å². The van der Waals surface area contributed by atoms with Crippen molar-refractivity contribution in [3.8, 4) is 17.2 Å². The number of benzene rings is 3. The normalized spacial score (nSPS) is 18.2. The van der Waals surface area contributed by atoms with Crippen molar-refractivity contribution in [1.82, 2.24) is 24.5 Å². The molecular formula is C47H58N8O6S. The zero-order valence-electron chi connectivity index (χ0n) is 36.3. The summed E-state index contributed by atoms with van der Waals surface area (Å²) in [7, 11) is 3.25. The second kappa shape index (κ2) is 19.0. The number of H-pyrrole nitrogens is 1. The van der Waals surface area contributed by atoms with Crippen molar-refractivity contribution in [3.05, 3.63) is 106 Å². The van der Waals surface area contributed by atoms with Gasteiger partial charge >= 0.3 is 0 Å². The third-order valence-electron chi connectivity index (χ3n) is 13.0. The number of nitro groups is 1. The van der Waals surface area contributed by atoms with Gasteiger partial charge in [0.25, 0.3) is 11.6 Å². The number of piperidine rings is 1. The maximum absolute atomic E-state index is 13.9. The average molecular weight is 863 g/mol. The number of anilines is 2. The van der Waals surface area contributed by atoms with Crippen LogP contribution in [-0.4, -0.2) is 103 Å². The van der Waals surface area contributed by atoms with Crippen LogP contribution in [0.5, 0.6) is 17.2 Å². The van der Waals surface area contributed by atoms with Crippen LogP contribution >= 0.6 is 11.9 Å². The molecule has 3 fully saturated rings. The van der Waals surface area contributed by atoms with Gasteiger partial charge in [0.1, 0.15) is 22.9 Å². The highest BCUT2D eigenvalue weighted by atomic mass is 32.2. The number of piperazine rings is 1. The van der Waals surface area contributed by atoms with E-state index in [9.17, 15) is 14.9 Å². The van der Waals surface area contributed by atoms with E-state index in [-0.39, 0.29) is 5.69 Å². The van der Waals surface area contributed by atoms with E-state index in [4.69, 9.17) is 14.2 Å². The molecule has 2 saturated heterocycles. The third-order valence-corrected chi connectivity index (χ3v) is 13.7. The van der Waals surface area contributed by atoms with Crippen LogP contribution in [0.2, 0.25) is 0 Å². The van der Waals surface area contributed by atoms with Crippen molar-refractivity contribution in [2.24, 2.45) is 5.41 Å². The zero-order valence-corrected chi connectivity index (χ0v) is 37.1. The van der Waals surface area contributed by atoms with Crippen LogP contribution in [0.1, 0.15) is 79.9 Å². The van der Waals surface area contributed by atoms with Gasteiger partial charge in [-0.2, -0.15) is 0 Å². The Balaban J connectivity index is 0.973. The van der Waals surface area contributed by atoms with E-state index >= 15 is 0 Å². The molecule has 62 heavy (non-hydrogen) atoms. The maximum Gasteiger partial charge on any atom is 0.297 e. The second-order valence-electron chi connectivity index (χ2n) is 17.1. The van der Waals surface area contributed by atoms with Gasteiger partial charge in [-0.05, 0) is 97.3 Å². The first-order chi connectivity index (χ1) is 30.1. The minimum absolute atomic E-state index is 0.141. The number of pyridine rings is 1. The molecule has 15 heteroatoms. The molecule has 0 radical (unpaired) electrons. The summed E-state index contributed by atoms with van der Waals surface area (Å²) in [6.07, 6.45) is 8.11. The monoisotopic (exact) mass is 862 g/mol. The molecule has 1 unspecified atom stereocenters. The molecule has 3 aliphatic rings. The topological polar surface area (TPSA) is 150 Å². The number of amides is 1. The molecule has 14 nitrogen and oxygen atoms in total. The molecule has 328 valence electrons. The van der Waals surface area contributed by atoms with E-state index in [0.29, 0.717) is 63.4 Å². The van der Waals surface area contributed by atoms with Crippen molar-refractivity contribution >= 4 is 46.0 Å².